The molecule has 2 fully saturated rings. The van der Waals surface area contributed by atoms with Crippen LogP contribution in [0.5, 0.6) is 0 Å². The Hall–Kier alpha value is -4.36. The molecule has 44 heavy (non-hydrogen) atoms. The van der Waals surface area contributed by atoms with Crippen LogP contribution in [0.25, 0.3) is 4.91 Å². The van der Waals surface area contributed by atoms with E-state index < -0.39 is 0 Å². The molecular formula is C32H35N7O4S. The molecule has 3 amide bonds. The minimum absolute atomic E-state index is 0.210. The van der Waals surface area contributed by atoms with Crippen molar-refractivity contribution < 1.29 is 19.1 Å². The van der Waals surface area contributed by atoms with Crippen LogP contribution in [0.1, 0.15) is 21.6 Å². The Morgan fingerprint density at radius 3 is 2.11 bits per heavy atom. The topological polar surface area (TPSA) is 111 Å². The van der Waals surface area contributed by atoms with Gasteiger partial charge in [0, 0.05) is 60.4 Å². The third-order valence-corrected chi connectivity index (χ3v) is 8.47. The molecular weight excluding hydrogens is 578 g/mol. The molecule has 228 valence electrons. The first-order chi connectivity index (χ1) is 21.6. The summed E-state index contributed by atoms with van der Waals surface area (Å²) in [6.07, 6.45) is 6.05. The van der Waals surface area contributed by atoms with Gasteiger partial charge in [-0.25, -0.2) is 9.80 Å². The predicted molar refractivity (Wildman–Crippen MR) is 171 cm³/mol. The second kappa shape index (κ2) is 14.4. The van der Waals surface area contributed by atoms with Gasteiger partial charge in [-0.1, -0.05) is 30.0 Å². The van der Waals surface area contributed by atoms with E-state index in [0.717, 1.165) is 55.6 Å². The summed E-state index contributed by atoms with van der Waals surface area (Å²) in [6, 6.07) is 19.8. The van der Waals surface area contributed by atoms with E-state index in [2.05, 4.69) is 48.3 Å². The van der Waals surface area contributed by atoms with E-state index in [4.69, 9.17) is 9.47 Å². The molecule has 2 aromatic carbocycles. The number of hydrazine groups is 1. The van der Waals surface area contributed by atoms with Crippen molar-refractivity contribution in [1.29, 1.82) is 0 Å². The van der Waals surface area contributed by atoms with Gasteiger partial charge in [0.05, 0.1) is 49.9 Å². The van der Waals surface area contributed by atoms with Gasteiger partial charge < -0.3 is 30.3 Å². The maximum atomic E-state index is 12.7. The van der Waals surface area contributed by atoms with Gasteiger partial charge in [-0.2, -0.15) is 0 Å². The number of carbonyl (C=O) groups excluding carboxylic acids is 2. The number of ether oxygens (including phenoxy) is 2. The average Bonchev–Trinajstić information content (AvgIpc) is 3.09. The number of nitrogens with one attached hydrogen (secondary N) is 3. The molecule has 0 unspecified atom stereocenters. The normalized spacial score (nSPS) is 17.4. The Labute approximate surface area is 260 Å². The number of hydrogen-bond acceptors (Lipinski definition) is 9. The number of pyridine rings is 1. The SMILES string of the molecule is O=C(Nc1ccc(C(=O)NCc2ccccn2)cc1)Nc1ccc(C2=CN(N3CCOCC3)C=C(N3CCOCC3)S2)cc1. The van der Waals surface area contributed by atoms with E-state index in [1.807, 2.05) is 42.5 Å². The minimum Gasteiger partial charge on any atom is -0.379 e. The van der Waals surface area contributed by atoms with Crippen molar-refractivity contribution in [3.8, 4) is 0 Å². The first-order valence-electron chi connectivity index (χ1n) is 14.6. The van der Waals surface area contributed by atoms with Crippen molar-refractivity contribution in [3.05, 3.63) is 107 Å². The van der Waals surface area contributed by atoms with Gasteiger partial charge in [0.15, 0.2) is 0 Å². The minimum atomic E-state index is -0.368. The number of hydrogen-bond donors (Lipinski definition) is 3. The first-order valence-corrected chi connectivity index (χ1v) is 15.4. The zero-order valence-electron chi connectivity index (χ0n) is 24.3. The third-order valence-electron chi connectivity index (χ3n) is 7.33. The van der Waals surface area contributed by atoms with E-state index >= 15 is 0 Å². The Morgan fingerprint density at radius 1 is 0.795 bits per heavy atom. The monoisotopic (exact) mass is 613 g/mol. The van der Waals surface area contributed by atoms with E-state index in [-0.39, 0.29) is 11.9 Å². The maximum Gasteiger partial charge on any atom is 0.323 e. The second-order valence-electron chi connectivity index (χ2n) is 10.3. The van der Waals surface area contributed by atoms with Crippen molar-refractivity contribution in [3.63, 3.8) is 0 Å². The summed E-state index contributed by atoms with van der Waals surface area (Å²) in [6.45, 7) is 6.61. The summed E-state index contributed by atoms with van der Waals surface area (Å²) in [4.78, 5) is 32.9. The molecule has 0 atom stereocenters. The molecule has 1 aromatic heterocycles. The largest absolute Gasteiger partial charge is 0.379 e. The van der Waals surface area contributed by atoms with Crippen LogP contribution >= 0.6 is 11.8 Å². The molecule has 4 heterocycles. The molecule has 3 aliphatic rings. The molecule has 3 aromatic rings. The van der Waals surface area contributed by atoms with Crippen LogP contribution in [0.3, 0.4) is 0 Å². The molecule has 0 spiro atoms. The third kappa shape index (κ3) is 7.77. The smallest absolute Gasteiger partial charge is 0.323 e. The summed E-state index contributed by atoms with van der Waals surface area (Å²) >= 11 is 1.75. The van der Waals surface area contributed by atoms with Crippen LogP contribution in [0.2, 0.25) is 0 Å². The van der Waals surface area contributed by atoms with Gasteiger partial charge >= 0.3 is 6.03 Å². The lowest BCUT2D eigenvalue weighted by Gasteiger charge is -2.39. The molecule has 0 saturated carbocycles. The van der Waals surface area contributed by atoms with Crippen LogP contribution in [0.15, 0.2) is 90.4 Å². The molecule has 11 nitrogen and oxygen atoms in total. The Balaban J connectivity index is 1.05. The van der Waals surface area contributed by atoms with Gasteiger partial charge in [-0.3, -0.25) is 14.8 Å². The molecule has 0 radical (unpaired) electrons. The molecule has 0 aliphatic carbocycles. The second-order valence-corrected chi connectivity index (χ2v) is 11.4. The lowest BCUT2D eigenvalue weighted by molar-refractivity contribution is -0.0404. The first kappa shape index (κ1) is 29.7. The number of urea groups is 1. The summed E-state index contributed by atoms with van der Waals surface area (Å²) in [5, 5.41) is 14.2. The number of thioether (sulfide) groups is 1. The summed E-state index contributed by atoms with van der Waals surface area (Å²) in [5.41, 5.74) is 3.59. The van der Waals surface area contributed by atoms with E-state index in [1.165, 1.54) is 5.03 Å². The van der Waals surface area contributed by atoms with Gasteiger partial charge in [0.2, 0.25) is 0 Å². The number of aromatic nitrogens is 1. The number of nitrogens with zero attached hydrogens (tertiary/aromatic N) is 4. The zero-order valence-corrected chi connectivity index (χ0v) is 25.1. The number of amides is 3. The summed E-state index contributed by atoms with van der Waals surface area (Å²) in [7, 11) is 0. The Morgan fingerprint density at radius 2 is 1.45 bits per heavy atom. The quantitative estimate of drug-likeness (QED) is 0.341. The highest BCUT2D eigenvalue weighted by atomic mass is 32.2. The Kier molecular flexibility index (Phi) is 9.73. The van der Waals surface area contributed by atoms with Crippen molar-refractivity contribution in [1.82, 2.24) is 25.2 Å². The highest BCUT2D eigenvalue weighted by molar-refractivity contribution is 8.11. The number of morpholine rings is 2. The number of benzene rings is 2. The van der Waals surface area contributed by atoms with E-state index in [0.29, 0.717) is 36.7 Å². The fourth-order valence-corrected chi connectivity index (χ4v) is 6.05. The van der Waals surface area contributed by atoms with Gasteiger partial charge in [-0.15, -0.1) is 0 Å². The zero-order chi connectivity index (χ0) is 30.1. The van der Waals surface area contributed by atoms with Crippen molar-refractivity contribution in [2.24, 2.45) is 0 Å². The van der Waals surface area contributed by atoms with Gasteiger partial charge in [0.1, 0.15) is 0 Å². The van der Waals surface area contributed by atoms with Crippen molar-refractivity contribution in [2.75, 3.05) is 63.2 Å². The standard InChI is InChI=1S/C32H35N7O4S/c40-31(34-21-28-3-1-2-12-33-28)25-6-10-27(11-7-25)36-32(41)35-26-8-4-24(5-9-26)29-22-39(38-15-19-43-20-16-38)23-30(44-29)37-13-17-42-18-14-37/h1-12,22-23H,13-21H2,(H,34,40)(H2,35,36,41). The highest BCUT2D eigenvalue weighted by Crippen LogP contribution is 2.40. The maximum absolute atomic E-state index is 12.7. The van der Waals surface area contributed by atoms with Crippen LogP contribution in [-0.2, 0) is 16.0 Å². The van der Waals surface area contributed by atoms with Crippen LogP contribution in [0.4, 0.5) is 16.2 Å². The lowest BCUT2D eigenvalue weighted by Crippen LogP contribution is -2.45. The van der Waals surface area contributed by atoms with Crippen LogP contribution in [-0.4, -0.2) is 84.4 Å². The number of anilines is 2. The van der Waals surface area contributed by atoms with Crippen LogP contribution < -0.4 is 16.0 Å². The van der Waals surface area contributed by atoms with Crippen molar-refractivity contribution in [2.45, 2.75) is 6.54 Å². The van der Waals surface area contributed by atoms with Gasteiger partial charge in [0.25, 0.3) is 5.91 Å². The average molecular weight is 614 g/mol. The van der Waals surface area contributed by atoms with Gasteiger partial charge in [-0.05, 0) is 54.1 Å². The van der Waals surface area contributed by atoms with Crippen LogP contribution in [0, 0.1) is 0 Å². The molecule has 3 aliphatic heterocycles. The number of rotatable bonds is 8. The summed E-state index contributed by atoms with van der Waals surface area (Å²) in [5.74, 6) is -0.210. The Bertz CT molecular complexity index is 1490. The number of carbonyl (C=O) groups is 2. The predicted octanol–water partition coefficient (Wildman–Crippen LogP) is 4.38. The van der Waals surface area contributed by atoms with Crippen molar-refractivity contribution >= 4 is 40.0 Å². The molecule has 6 rings (SSSR count). The fraction of sp³-hybridized carbons (Fsp3) is 0.281. The molecule has 12 heteroatoms. The van der Waals surface area contributed by atoms with E-state index in [1.54, 1.807) is 42.2 Å². The lowest BCUT2D eigenvalue weighted by atomic mass is 10.2. The highest BCUT2D eigenvalue weighted by Gasteiger charge is 2.25. The summed E-state index contributed by atoms with van der Waals surface area (Å²) < 4.78 is 11.1. The molecule has 0 bridgehead atoms. The molecule has 3 N–H and O–H groups in total. The van der Waals surface area contributed by atoms with E-state index in [9.17, 15) is 9.59 Å². The fourth-order valence-electron chi connectivity index (χ4n) is 4.94. The molecule has 2 saturated heterocycles.